The summed E-state index contributed by atoms with van der Waals surface area (Å²) in [6.45, 7) is 21.2. The lowest BCUT2D eigenvalue weighted by Crippen LogP contribution is -2.37. The van der Waals surface area contributed by atoms with Crippen molar-refractivity contribution >= 4 is 25.3 Å². The molecule has 0 unspecified atom stereocenters. The van der Waals surface area contributed by atoms with Crippen LogP contribution in [0.25, 0.3) is 25.3 Å². The monoisotopic (exact) mass is 313 g/mol. The second-order valence-electron chi connectivity index (χ2n) is 6.56. The summed E-state index contributed by atoms with van der Waals surface area (Å²) >= 11 is 0. The number of fused-ring (bicyclic) bond motifs is 1. The number of nitrogens with one attached hydrogen (secondary N) is 1. The number of hydrogen-bond acceptors (Lipinski definition) is 2. The Morgan fingerprint density at radius 2 is 1.83 bits per heavy atom. The second kappa shape index (κ2) is 7.69. The molecule has 0 fully saturated rings. The molecule has 1 heterocycles. The third-order valence-electron chi connectivity index (χ3n) is 4.68. The summed E-state index contributed by atoms with van der Waals surface area (Å²) in [5.41, 5.74) is 1.14. The van der Waals surface area contributed by atoms with Crippen molar-refractivity contribution in [3.05, 3.63) is 33.4 Å². The van der Waals surface area contributed by atoms with E-state index in [-0.39, 0.29) is 0 Å². The molecule has 23 heavy (non-hydrogen) atoms. The smallest absolute Gasteiger partial charge is 0.0624 e. The standard InChI is InChI=1S/C20H31N3/c1-7-22(13-15(2)12-21-6)16(3)14-23-17(4)19-10-8-9-11-20(19)18(23)5/h10-11,15,21H,3-5,7-9,12-14H2,1-2,6H3/t15-/m0/s1. The van der Waals surface area contributed by atoms with E-state index in [1.54, 1.807) is 0 Å². The Morgan fingerprint density at radius 3 is 2.30 bits per heavy atom. The van der Waals surface area contributed by atoms with Crippen LogP contribution in [0.2, 0.25) is 0 Å². The van der Waals surface area contributed by atoms with Crippen molar-refractivity contribution in [3.63, 3.8) is 0 Å². The fourth-order valence-electron chi connectivity index (χ4n) is 3.42. The Labute approximate surface area is 140 Å². The first-order valence-corrected chi connectivity index (χ1v) is 8.63. The maximum atomic E-state index is 4.33. The Hall–Kier alpha value is -1.74. The summed E-state index contributed by atoms with van der Waals surface area (Å²) in [6.07, 6.45) is 6.78. The van der Waals surface area contributed by atoms with Crippen LogP contribution in [0, 0.1) is 5.92 Å². The van der Waals surface area contributed by atoms with Crippen LogP contribution in [0.3, 0.4) is 0 Å². The molecule has 1 aliphatic rings. The van der Waals surface area contributed by atoms with Gasteiger partial charge in [0.25, 0.3) is 0 Å². The molecule has 1 aromatic rings. The highest BCUT2D eigenvalue weighted by molar-refractivity contribution is 5.39. The molecule has 1 aromatic heterocycles. The van der Waals surface area contributed by atoms with E-state index in [4.69, 9.17) is 0 Å². The number of hydrogen-bond donors (Lipinski definition) is 1. The van der Waals surface area contributed by atoms with Crippen molar-refractivity contribution in [1.82, 2.24) is 14.8 Å². The Morgan fingerprint density at radius 1 is 1.26 bits per heavy atom. The second-order valence-corrected chi connectivity index (χ2v) is 6.56. The van der Waals surface area contributed by atoms with E-state index in [1.807, 2.05) is 7.05 Å². The lowest BCUT2D eigenvalue weighted by Gasteiger charge is -2.28. The van der Waals surface area contributed by atoms with E-state index in [0.29, 0.717) is 5.92 Å². The molecule has 2 rings (SSSR count). The SMILES string of the molecule is C=C(Cn1c(=C)c2c(c1=C)=CCCC=2)N(CC)C[C@@H](C)CNC. The molecule has 126 valence electrons. The van der Waals surface area contributed by atoms with E-state index in [1.165, 1.54) is 10.4 Å². The van der Waals surface area contributed by atoms with Crippen LogP contribution in [-0.4, -0.2) is 36.1 Å². The molecular formula is C20H31N3. The zero-order chi connectivity index (χ0) is 17.0. The molecule has 0 radical (unpaired) electrons. The van der Waals surface area contributed by atoms with Crippen molar-refractivity contribution < 1.29 is 0 Å². The summed E-state index contributed by atoms with van der Waals surface area (Å²) in [5, 5.41) is 7.92. The van der Waals surface area contributed by atoms with E-state index in [9.17, 15) is 0 Å². The van der Waals surface area contributed by atoms with Gasteiger partial charge in [-0.25, -0.2) is 0 Å². The molecule has 0 saturated heterocycles. The Kier molecular flexibility index (Phi) is 5.89. The van der Waals surface area contributed by atoms with Gasteiger partial charge in [0.2, 0.25) is 0 Å². The quantitative estimate of drug-likeness (QED) is 0.748. The van der Waals surface area contributed by atoms with Gasteiger partial charge in [0.05, 0.1) is 6.54 Å². The zero-order valence-corrected chi connectivity index (χ0v) is 15.0. The number of nitrogens with zero attached hydrogens (tertiary/aromatic N) is 2. The summed E-state index contributed by atoms with van der Waals surface area (Å²) in [4.78, 5) is 2.37. The van der Waals surface area contributed by atoms with Gasteiger partial charge in [-0.3, -0.25) is 0 Å². The van der Waals surface area contributed by atoms with Gasteiger partial charge in [0.15, 0.2) is 0 Å². The lowest BCUT2D eigenvalue weighted by molar-refractivity contribution is 0.291. The fraction of sp³-hybridized carbons (Fsp3) is 0.500. The molecule has 1 aliphatic carbocycles. The molecule has 0 amide bonds. The Bertz CT molecular complexity index is 722. The van der Waals surface area contributed by atoms with Crippen LogP contribution < -0.4 is 26.5 Å². The molecule has 3 heteroatoms. The molecule has 1 atom stereocenters. The molecule has 0 saturated carbocycles. The van der Waals surface area contributed by atoms with Crippen molar-refractivity contribution in [3.8, 4) is 0 Å². The third-order valence-corrected chi connectivity index (χ3v) is 4.68. The predicted molar refractivity (Wildman–Crippen MR) is 102 cm³/mol. The number of rotatable bonds is 8. The topological polar surface area (TPSA) is 20.2 Å². The average molecular weight is 313 g/mol. The zero-order valence-electron chi connectivity index (χ0n) is 15.0. The highest BCUT2D eigenvalue weighted by Crippen LogP contribution is 2.07. The summed E-state index contributed by atoms with van der Waals surface area (Å²) in [5.74, 6) is 0.592. The van der Waals surface area contributed by atoms with Gasteiger partial charge >= 0.3 is 0 Å². The highest BCUT2D eigenvalue weighted by Gasteiger charge is 2.12. The molecular weight excluding hydrogens is 282 g/mol. The normalized spacial score (nSPS) is 14.6. The molecule has 0 aromatic carbocycles. The lowest BCUT2D eigenvalue weighted by atomic mass is 10.1. The van der Waals surface area contributed by atoms with E-state index in [2.05, 4.69) is 60.5 Å². The maximum absolute atomic E-state index is 4.33. The summed E-state index contributed by atoms with van der Waals surface area (Å²) in [7, 11) is 2.00. The molecule has 1 N–H and O–H groups in total. The van der Waals surface area contributed by atoms with Crippen LogP contribution in [0.5, 0.6) is 0 Å². The molecule has 0 aliphatic heterocycles. The van der Waals surface area contributed by atoms with Gasteiger partial charge in [-0.2, -0.15) is 0 Å². The number of likely N-dealkylation sites (N-methyl/N-ethyl adjacent to an activating group) is 1. The van der Waals surface area contributed by atoms with Crippen molar-refractivity contribution in [2.24, 2.45) is 5.92 Å². The fourth-order valence-corrected chi connectivity index (χ4v) is 3.42. The van der Waals surface area contributed by atoms with E-state index in [0.717, 1.165) is 55.4 Å². The van der Waals surface area contributed by atoms with Crippen LogP contribution in [0.15, 0.2) is 12.3 Å². The van der Waals surface area contributed by atoms with Crippen LogP contribution in [0.1, 0.15) is 26.7 Å². The van der Waals surface area contributed by atoms with Crippen molar-refractivity contribution in [2.45, 2.75) is 33.2 Å². The summed E-state index contributed by atoms with van der Waals surface area (Å²) in [6, 6.07) is 0. The first kappa shape index (κ1) is 17.6. The van der Waals surface area contributed by atoms with E-state index >= 15 is 0 Å². The van der Waals surface area contributed by atoms with E-state index < -0.39 is 0 Å². The predicted octanol–water partition coefficient (Wildman–Crippen LogP) is 0.355. The van der Waals surface area contributed by atoms with Gasteiger partial charge in [-0.1, -0.05) is 38.8 Å². The minimum absolute atomic E-state index is 0.592. The van der Waals surface area contributed by atoms with Gasteiger partial charge in [0.1, 0.15) is 0 Å². The van der Waals surface area contributed by atoms with Gasteiger partial charge in [0, 0.05) is 39.9 Å². The number of aromatic nitrogens is 1. The number of allylic oxidation sites excluding steroid dienone is 1. The van der Waals surface area contributed by atoms with Crippen LogP contribution >= 0.6 is 0 Å². The van der Waals surface area contributed by atoms with Gasteiger partial charge < -0.3 is 14.8 Å². The van der Waals surface area contributed by atoms with Crippen molar-refractivity contribution in [1.29, 1.82) is 0 Å². The minimum Gasteiger partial charge on any atom is -0.374 e. The summed E-state index contributed by atoms with van der Waals surface area (Å²) < 4.78 is 2.22. The molecule has 0 bridgehead atoms. The van der Waals surface area contributed by atoms with Crippen LogP contribution in [-0.2, 0) is 6.54 Å². The maximum Gasteiger partial charge on any atom is 0.0624 e. The molecule has 3 nitrogen and oxygen atoms in total. The first-order valence-electron chi connectivity index (χ1n) is 8.63. The average Bonchev–Trinajstić information content (AvgIpc) is 2.78. The van der Waals surface area contributed by atoms with Gasteiger partial charge in [-0.15, -0.1) is 0 Å². The van der Waals surface area contributed by atoms with Crippen LogP contribution in [0.4, 0.5) is 0 Å². The Balaban J connectivity index is 2.22. The van der Waals surface area contributed by atoms with Crippen molar-refractivity contribution in [2.75, 3.05) is 26.7 Å². The minimum atomic E-state index is 0.592. The first-order chi connectivity index (χ1) is 11.0. The largest absolute Gasteiger partial charge is 0.374 e. The van der Waals surface area contributed by atoms with Gasteiger partial charge in [-0.05, 0) is 39.3 Å². The third kappa shape index (κ3) is 3.78. The molecule has 0 spiro atoms. The highest BCUT2D eigenvalue weighted by atomic mass is 15.2.